The Hall–Kier alpha value is -1.95. The summed E-state index contributed by atoms with van der Waals surface area (Å²) in [4.78, 5) is 11.9. The van der Waals surface area contributed by atoms with Crippen LogP contribution in [0, 0.1) is 19.7 Å². The first-order chi connectivity index (χ1) is 9.99. The van der Waals surface area contributed by atoms with E-state index >= 15 is 0 Å². The molecule has 0 aliphatic rings. The Bertz CT molecular complexity index is 628. The largest absolute Gasteiger partial charge is 0.464 e. The number of nitrogens with one attached hydrogen (secondary N) is 1. The molecular weight excluding hydrogens is 295 g/mol. The fourth-order valence-corrected chi connectivity index (χ4v) is 2.08. The van der Waals surface area contributed by atoms with Crippen LogP contribution in [0.1, 0.15) is 23.6 Å². The lowest BCUT2D eigenvalue weighted by Crippen LogP contribution is -2.07. The molecule has 1 heterocycles. The van der Waals surface area contributed by atoms with Crippen molar-refractivity contribution in [3.63, 3.8) is 0 Å². The van der Waals surface area contributed by atoms with Crippen molar-refractivity contribution in [3.8, 4) is 6.01 Å². The second kappa shape index (κ2) is 6.67. The summed E-state index contributed by atoms with van der Waals surface area (Å²) < 4.78 is 18.8. The Morgan fingerprint density at radius 2 is 1.86 bits per heavy atom. The van der Waals surface area contributed by atoms with Gasteiger partial charge in [-0.05, 0) is 49.1 Å². The van der Waals surface area contributed by atoms with Crippen molar-refractivity contribution in [3.05, 3.63) is 39.9 Å². The van der Waals surface area contributed by atoms with Crippen molar-refractivity contribution in [2.45, 2.75) is 27.3 Å². The molecule has 0 saturated carbocycles. The second-order valence-corrected chi connectivity index (χ2v) is 4.88. The van der Waals surface area contributed by atoms with E-state index in [0.29, 0.717) is 30.2 Å². The van der Waals surface area contributed by atoms with E-state index in [1.807, 2.05) is 6.92 Å². The number of nitrogens with zero attached hydrogens (tertiary/aromatic N) is 3. The van der Waals surface area contributed by atoms with Crippen molar-refractivity contribution >= 4 is 17.5 Å². The van der Waals surface area contributed by atoms with E-state index in [1.165, 1.54) is 0 Å². The number of aryl methyl sites for hydroxylation is 2. The molecule has 0 aliphatic heterocycles. The minimum atomic E-state index is -0.180. The predicted molar refractivity (Wildman–Crippen MR) is 79.2 cm³/mol. The first kappa shape index (κ1) is 15.4. The van der Waals surface area contributed by atoms with Crippen LogP contribution in [0.4, 0.5) is 10.3 Å². The average Bonchev–Trinajstić information content (AvgIpc) is 2.42. The quantitative estimate of drug-likeness (QED) is 0.918. The van der Waals surface area contributed by atoms with Gasteiger partial charge in [-0.2, -0.15) is 15.0 Å². The zero-order valence-electron chi connectivity index (χ0n) is 12.1. The molecule has 21 heavy (non-hydrogen) atoms. The van der Waals surface area contributed by atoms with Gasteiger partial charge >= 0.3 is 6.01 Å². The van der Waals surface area contributed by atoms with Crippen LogP contribution < -0.4 is 10.1 Å². The normalized spacial score (nSPS) is 10.5. The van der Waals surface area contributed by atoms with Gasteiger partial charge in [0.25, 0.3) is 0 Å². The molecule has 1 N–H and O–H groups in total. The number of ether oxygens (including phenoxy) is 1. The van der Waals surface area contributed by atoms with Gasteiger partial charge in [-0.3, -0.25) is 0 Å². The number of rotatable bonds is 5. The molecule has 0 bridgehead atoms. The van der Waals surface area contributed by atoms with E-state index in [-0.39, 0.29) is 17.1 Å². The molecule has 5 nitrogen and oxygen atoms in total. The Morgan fingerprint density at radius 1 is 1.19 bits per heavy atom. The Kier molecular flexibility index (Phi) is 4.90. The Morgan fingerprint density at radius 3 is 2.48 bits per heavy atom. The molecular formula is C14H16ClFN4O. The molecule has 2 aromatic rings. The molecule has 1 aromatic carbocycles. The van der Waals surface area contributed by atoms with Crippen LogP contribution in [-0.4, -0.2) is 21.6 Å². The van der Waals surface area contributed by atoms with Gasteiger partial charge in [0, 0.05) is 6.54 Å². The van der Waals surface area contributed by atoms with Crippen molar-refractivity contribution in [2.24, 2.45) is 0 Å². The highest BCUT2D eigenvalue weighted by atomic mass is 35.5. The summed E-state index contributed by atoms with van der Waals surface area (Å²) in [6.45, 7) is 6.19. The van der Waals surface area contributed by atoms with Crippen LogP contribution >= 0.6 is 11.6 Å². The zero-order valence-corrected chi connectivity index (χ0v) is 12.8. The van der Waals surface area contributed by atoms with Gasteiger partial charge in [-0.15, -0.1) is 0 Å². The summed E-state index contributed by atoms with van der Waals surface area (Å²) in [6.07, 6.45) is 0. The summed E-state index contributed by atoms with van der Waals surface area (Å²) in [6, 6.07) is 3.73. The molecule has 0 fully saturated rings. The molecule has 7 heteroatoms. The zero-order chi connectivity index (χ0) is 15.4. The Balaban J connectivity index is 2.12. The van der Waals surface area contributed by atoms with Crippen LogP contribution in [0.2, 0.25) is 5.28 Å². The first-order valence-corrected chi connectivity index (χ1v) is 6.91. The maximum atomic E-state index is 13.6. The van der Waals surface area contributed by atoms with E-state index < -0.39 is 0 Å². The topological polar surface area (TPSA) is 59.9 Å². The molecule has 1 aromatic heterocycles. The fraction of sp³-hybridized carbons (Fsp3) is 0.357. The van der Waals surface area contributed by atoms with Crippen molar-refractivity contribution in [2.75, 3.05) is 11.9 Å². The third kappa shape index (κ3) is 4.01. The van der Waals surface area contributed by atoms with E-state index in [4.69, 9.17) is 16.3 Å². The Labute approximate surface area is 127 Å². The molecule has 2 rings (SSSR count). The third-order valence-electron chi connectivity index (χ3n) is 2.81. The highest BCUT2D eigenvalue weighted by molar-refractivity contribution is 6.28. The van der Waals surface area contributed by atoms with E-state index in [2.05, 4.69) is 20.3 Å². The van der Waals surface area contributed by atoms with E-state index in [1.54, 1.807) is 26.0 Å². The molecule has 0 saturated heterocycles. The van der Waals surface area contributed by atoms with Gasteiger partial charge < -0.3 is 10.1 Å². The molecule has 0 radical (unpaired) electrons. The SMILES string of the molecule is CCOc1nc(Cl)nc(NCc2cc(C)c(F)c(C)c2)n1. The van der Waals surface area contributed by atoms with Gasteiger partial charge in [-0.25, -0.2) is 4.39 Å². The van der Waals surface area contributed by atoms with Crippen LogP contribution in [0.5, 0.6) is 6.01 Å². The fourth-order valence-electron chi connectivity index (χ4n) is 1.92. The number of anilines is 1. The molecule has 0 amide bonds. The lowest BCUT2D eigenvalue weighted by molar-refractivity contribution is 0.312. The number of hydrogen-bond donors (Lipinski definition) is 1. The van der Waals surface area contributed by atoms with Crippen LogP contribution in [0.25, 0.3) is 0 Å². The number of benzene rings is 1. The number of hydrogen-bond acceptors (Lipinski definition) is 5. The number of aromatic nitrogens is 3. The molecule has 0 spiro atoms. The van der Waals surface area contributed by atoms with Crippen LogP contribution in [0.3, 0.4) is 0 Å². The van der Waals surface area contributed by atoms with Crippen molar-refractivity contribution in [1.82, 2.24) is 15.0 Å². The first-order valence-electron chi connectivity index (χ1n) is 6.53. The van der Waals surface area contributed by atoms with Crippen LogP contribution in [0.15, 0.2) is 12.1 Å². The highest BCUT2D eigenvalue weighted by Crippen LogP contribution is 2.16. The van der Waals surface area contributed by atoms with Gasteiger partial charge in [0.2, 0.25) is 11.2 Å². The molecule has 0 aliphatic carbocycles. The summed E-state index contributed by atoms with van der Waals surface area (Å²) >= 11 is 5.81. The minimum Gasteiger partial charge on any atom is -0.464 e. The monoisotopic (exact) mass is 310 g/mol. The molecule has 0 unspecified atom stereocenters. The summed E-state index contributed by atoms with van der Waals surface area (Å²) in [5, 5.41) is 3.08. The van der Waals surface area contributed by atoms with E-state index in [0.717, 1.165) is 5.56 Å². The maximum absolute atomic E-state index is 13.6. The second-order valence-electron chi connectivity index (χ2n) is 4.54. The summed E-state index contributed by atoms with van der Waals surface area (Å²) in [5.41, 5.74) is 2.15. The van der Waals surface area contributed by atoms with Gasteiger partial charge in [-0.1, -0.05) is 12.1 Å². The smallest absolute Gasteiger partial charge is 0.322 e. The lowest BCUT2D eigenvalue weighted by Gasteiger charge is -2.09. The minimum absolute atomic E-state index is 0.0578. The number of halogens is 2. The van der Waals surface area contributed by atoms with Gasteiger partial charge in [0.15, 0.2) is 0 Å². The standard InChI is InChI=1S/C14H16ClFN4O/c1-4-21-14-19-12(15)18-13(20-14)17-7-10-5-8(2)11(16)9(3)6-10/h5-6H,4,7H2,1-3H3,(H,17,18,19,20). The van der Waals surface area contributed by atoms with Gasteiger partial charge in [0.05, 0.1) is 6.61 Å². The van der Waals surface area contributed by atoms with E-state index in [9.17, 15) is 4.39 Å². The highest BCUT2D eigenvalue weighted by Gasteiger charge is 2.07. The van der Waals surface area contributed by atoms with Crippen molar-refractivity contribution in [1.29, 1.82) is 0 Å². The van der Waals surface area contributed by atoms with Crippen molar-refractivity contribution < 1.29 is 9.13 Å². The summed E-state index contributed by atoms with van der Waals surface area (Å²) in [5.74, 6) is 0.138. The predicted octanol–water partition coefficient (Wildman–Crippen LogP) is 3.29. The van der Waals surface area contributed by atoms with Gasteiger partial charge in [0.1, 0.15) is 5.82 Å². The van der Waals surface area contributed by atoms with Crippen LogP contribution in [-0.2, 0) is 6.54 Å². The molecule has 112 valence electrons. The molecule has 0 atom stereocenters. The third-order valence-corrected chi connectivity index (χ3v) is 2.98. The lowest BCUT2D eigenvalue weighted by atomic mass is 10.1. The average molecular weight is 311 g/mol. The maximum Gasteiger partial charge on any atom is 0.322 e. The summed E-state index contributed by atoms with van der Waals surface area (Å²) in [7, 11) is 0.